The van der Waals surface area contributed by atoms with Crippen LogP contribution in [0.5, 0.6) is 11.5 Å². The highest BCUT2D eigenvalue weighted by Gasteiger charge is 2.52. The van der Waals surface area contributed by atoms with Gasteiger partial charge >= 0.3 is 0 Å². The average Bonchev–Trinajstić information content (AvgIpc) is 3.15. The van der Waals surface area contributed by atoms with Crippen LogP contribution in [0.2, 0.25) is 0 Å². The fourth-order valence-electron chi connectivity index (χ4n) is 6.52. The van der Waals surface area contributed by atoms with Crippen LogP contribution in [-0.2, 0) is 5.41 Å². The molecule has 4 aliphatic carbocycles. The van der Waals surface area contributed by atoms with E-state index in [1.54, 1.807) is 20.3 Å². The van der Waals surface area contributed by atoms with Crippen molar-refractivity contribution in [2.75, 3.05) is 14.2 Å². The van der Waals surface area contributed by atoms with E-state index in [9.17, 15) is 4.79 Å². The quantitative estimate of drug-likeness (QED) is 0.679. The lowest BCUT2D eigenvalue weighted by Crippen LogP contribution is -2.48. The number of aldehydes is 1. The van der Waals surface area contributed by atoms with Crippen LogP contribution in [0.1, 0.15) is 54.6 Å². The molecule has 4 saturated carbocycles. The van der Waals surface area contributed by atoms with Crippen molar-refractivity contribution >= 4 is 6.29 Å². The number of rotatable bonds is 5. The molecule has 0 N–H and O–H groups in total. The van der Waals surface area contributed by atoms with Crippen molar-refractivity contribution in [1.82, 2.24) is 0 Å². The van der Waals surface area contributed by atoms with Crippen LogP contribution in [0.25, 0.3) is 11.3 Å². The molecule has 4 fully saturated rings. The topological polar surface area (TPSA) is 48.7 Å². The summed E-state index contributed by atoms with van der Waals surface area (Å²) in [6.07, 6.45) is 8.72. The molecule has 1 aromatic heterocycles. The number of furan rings is 1. The van der Waals surface area contributed by atoms with Gasteiger partial charge in [0, 0.05) is 5.56 Å². The minimum Gasteiger partial charge on any atom is -0.493 e. The van der Waals surface area contributed by atoms with E-state index in [0.29, 0.717) is 11.5 Å². The lowest BCUT2D eigenvalue weighted by Gasteiger charge is -2.57. The van der Waals surface area contributed by atoms with Crippen molar-refractivity contribution in [3.05, 3.63) is 35.6 Å². The third kappa shape index (κ3) is 2.60. The number of hydrogen-bond donors (Lipinski definition) is 0. The second-order valence-corrected chi connectivity index (χ2v) is 8.77. The molecule has 27 heavy (non-hydrogen) atoms. The van der Waals surface area contributed by atoms with Gasteiger partial charge in [0.15, 0.2) is 23.5 Å². The molecule has 1 aromatic carbocycles. The molecule has 4 nitrogen and oxygen atoms in total. The molecule has 4 heteroatoms. The first-order valence-electron chi connectivity index (χ1n) is 9.96. The first kappa shape index (κ1) is 16.9. The highest BCUT2D eigenvalue weighted by atomic mass is 16.5. The summed E-state index contributed by atoms with van der Waals surface area (Å²) in [5.41, 5.74) is 2.55. The third-order valence-electron chi connectivity index (χ3n) is 7.14. The summed E-state index contributed by atoms with van der Waals surface area (Å²) in [6, 6.07) is 7.84. The second-order valence-electron chi connectivity index (χ2n) is 8.77. The first-order valence-corrected chi connectivity index (χ1v) is 9.96. The van der Waals surface area contributed by atoms with E-state index in [0.717, 1.165) is 41.1 Å². The maximum atomic E-state index is 11.1. The predicted molar refractivity (Wildman–Crippen MR) is 102 cm³/mol. The van der Waals surface area contributed by atoms with Gasteiger partial charge in [0.1, 0.15) is 5.76 Å². The maximum Gasteiger partial charge on any atom is 0.185 e. The van der Waals surface area contributed by atoms with Gasteiger partial charge < -0.3 is 13.9 Å². The molecule has 142 valence electrons. The highest BCUT2D eigenvalue weighted by Crippen LogP contribution is 2.62. The smallest absolute Gasteiger partial charge is 0.185 e. The van der Waals surface area contributed by atoms with Gasteiger partial charge in [-0.25, -0.2) is 0 Å². The van der Waals surface area contributed by atoms with Crippen LogP contribution in [0.3, 0.4) is 0 Å². The molecule has 0 spiro atoms. The Morgan fingerprint density at radius 2 is 1.56 bits per heavy atom. The lowest BCUT2D eigenvalue weighted by molar-refractivity contribution is -0.00507. The number of hydrogen-bond acceptors (Lipinski definition) is 4. The Bertz CT molecular complexity index is 843. The van der Waals surface area contributed by atoms with Crippen LogP contribution in [0.4, 0.5) is 0 Å². The summed E-state index contributed by atoms with van der Waals surface area (Å²) < 4.78 is 17.0. The van der Waals surface area contributed by atoms with E-state index in [1.807, 2.05) is 12.1 Å². The number of methoxy groups -OCH3 is 2. The summed E-state index contributed by atoms with van der Waals surface area (Å²) in [7, 11) is 3.35. The summed E-state index contributed by atoms with van der Waals surface area (Å²) in [6.45, 7) is 0. The zero-order chi connectivity index (χ0) is 18.6. The molecule has 2 aromatic rings. The van der Waals surface area contributed by atoms with Crippen molar-refractivity contribution < 1.29 is 18.7 Å². The molecule has 0 amide bonds. The molecule has 4 bridgehead atoms. The SMILES string of the molecule is COc1cc(-c2ccc(C=O)o2)c(C23CC4CC(CC(C4)C2)C3)cc1OC. The third-order valence-corrected chi connectivity index (χ3v) is 7.14. The Balaban J connectivity index is 1.69. The molecule has 0 atom stereocenters. The largest absolute Gasteiger partial charge is 0.493 e. The zero-order valence-corrected chi connectivity index (χ0v) is 16.0. The normalized spacial score (nSPS) is 31.1. The van der Waals surface area contributed by atoms with Gasteiger partial charge in [0.2, 0.25) is 0 Å². The summed E-state index contributed by atoms with van der Waals surface area (Å²) >= 11 is 0. The minimum absolute atomic E-state index is 0.192. The van der Waals surface area contributed by atoms with Gasteiger partial charge in [-0.15, -0.1) is 0 Å². The Kier molecular flexibility index (Phi) is 3.85. The lowest BCUT2D eigenvalue weighted by atomic mass is 9.47. The fraction of sp³-hybridized carbons (Fsp3) is 0.522. The van der Waals surface area contributed by atoms with Gasteiger partial charge in [0.25, 0.3) is 0 Å². The molecule has 6 rings (SSSR count). The first-order chi connectivity index (χ1) is 13.1. The Labute approximate surface area is 159 Å². The van der Waals surface area contributed by atoms with E-state index < -0.39 is 0 Å². The van der Waals surface area contributed by atoms with Crippen molar-refractivity contribution in [2.24, 2.45) is 17.8 Å². The molecule has 0 saturated heterocycles. The second kappa shape index (κ2) is 6.15. The number of benzene rings is 1. The van der Waals surface area contributed by atoms with Crippen LogP contribution in [-0.4, -0.2) is 20.5 Å². The van der Waals surface area contributed by atoms with Crippen molar-refractivity contribution in [3.63, 3.8) is 0 Å². The summed E-state index contributed by atoms with van der Waals surface area (Å²) in [4.78, 5) is 11.1. The minimum atomic E-state index is 0.192. The maximum absolute atomic E-state index is 11.1. The van der Waals surface area contributed by atoms with Gasteiger partial charge in [0.05, 0.1) is 14.2 Å². The Hall–Kier alpha value is -2.23. The van der Waals surface area contributed by atoms with Crippen LogP contribution < -0.4 is 9.47 Å². The summed E-state index contributed by atoms with van der Waals surface area (Å²) in [5, 5.41) is 0. The van der Waals surface area contributed by atoms with E-state index in [4.69, 9.17) is 13.9 Å². The molecule has 4 aliphatic rings. The van der Waals surface area contributed by atoms with Crippen molar-refractivity contribution in [3.8, 4) is 22.8 Å². The van der Waals surface area contributed by atoms with E-state index in [2.05, 4.69) is 6.07 Å². The van der Waals surface area contributed by atoms with Crippen LogP contribution in [0, 0.1) is 17.8 Å². The molecule has 0 aliphatic heterocycles. The molecular formula is C23H26O4. The molecule has 0 unspecified atom stereocenters. The Morgan fingerprint density at radius 3 is 2.07 bits per heavy atom. The van der Waals surface area contributed by atoms with E-state index in [-0.39, 0.29) is 5.41 Å². The number of carbonyl (C=O) groups is 1. The number of ether oxygens (including phenoxy) is 2. The van der Waals surface area contributed by atoms with Gasteiger partial charge in [-0.05, 0) is 91.5 Å². The fourth-order valence-corrected chi connectivity index (χ4v) is 6.52. The standard InChI is InChI=1S/C23H26O4/c1-25-21-8-18(20-4-3-17(13-24)27-20)19(9-22(21)26-2)23-10-14-5-15(11-23)7-16(6-14)12-23/h3-4,8-9,13-16H,5-7,10-12H2,1-2H3. The summed E-state index contributed by atoms with van der Waals surface area (Å²) in [5.74, 6) is 5.11. The van der Waals surface area contributed by atoms with Gasteiger partial charge in [-0.3, -0.25) is 4.79 Å². The highest BCUT2D eigenvalue weighted by molar-refractivity contribution is 5.75. The molecule has 1 heterocycles. The Morgan fingerprint density at radius 1 is 0.963 bits per heavy atom. The van der Waals surface area contributed by atoms with Crippen LogP contribution in [0.15, 0.2) is 28.7 Å². The van der Waals surface area contributed by atoms with Gasteiger partial charge in [-0.2, -0.15) is 0 Å². The van der Waals surface area contributed by atoms with Crippen LogP contribution >= 0.6 is 0 Å². The molecule has 0 radical (unpaired) electrons. The molecular weight excluding hydrogens is 340 g/mol. The van der Waals surface area contributed by atoms with E-state index >= 15 is 0 Å². The van der Waals surface area contributed by atoms with Gasteiger partial charge in [-0.1, -0.05) is 0 Å². The predicted octanol–water partition coefficient (Wildman–Crippen LogP) is 5.24. The monoisotopic (exact) mass is 366 g/mol. The van der Waals surface area contributed by atoms with E-state index in [1.165, 1.54) is 44.1 Å². The average molecular weight is 366 g/mol. The zero-order valence-electron chi connectivity index (χ0n) is 16.0. The number of carbonyl (C=O) groups excluding carboxylic acids is 1. The van der Waals surface area contributed by atoms with Crippen molar-refractivity contribution in [2.45, 2.75) is 43.9 Å². The van der Waals surface area contributed by atoms with Crippen molar-refractivity contribution in [1.29, 1.82) is 0 Å².